The number of rotatable bonds is 5. The number of hydrogen-bond acceptors (Lipinski definition) is 4. The Morgan fingerprint density at radius 2 is 1.85 bits per heavy atom. The molecule has 0 aliphatic carbocycles. The first-order chi connectivity index (χ1) is 13.0. The molecule has 3 rings (SSSR count). The average Bonchev–Trinajstić information content (AvgIpc) is 2.68. The lowest BCUT2D eigenvalue weighted by atomic mass is 10.1. The van der Waals surface area contributed by atoms with Gasteiger partial charge in [0.05, 0.1) is 18.2 Å². The highest BCUT2D eigenvalue weighted by Crippen LogP contribution is 2.15. The Kier molecular flexibility index (Phi) is 5.40. The van der Waals surface area contributed by atoms with Crippen LogP contribution in [0.2, 0.25) is 0 Å². The second-order valence-electron chi connectivity index (χ2n) is 5.85. The number of benzene rings is 2. The minimum atomic E-state index is -1.28. The lowest BCUT2D eigenvalue weighted by Crippen LogP contribution is -2.43. The van der Waals surface area contributed by atoms with E-state index in [9.17, 15) is 18.4 Å². The lowest BCUT2D eigenvalue weighted by molar-refractivity contribution is -0.142. The minimum Gasteiger partial charge on any atom is -0.467 e. The van der Waals surface area contributed by atoms with Crippen molar-refractivity contribution in [1.82, 2.24) is 10.3 Å². The first-order valence-electron chi connectivity index (χ1n) is 8.17. The van der Waals surface area contributed by atoms with E-state index in [1.54, 1.807) is 6.07 Å². The summed E-state index contributed by atoms with van der Waals surface area (Å²) in [6.45, 7) is 0. The van der Waals surface area contributed by atoms with Crippen LogP contribution in [0.3, 0.4) is 0 Å². The number of hydrogen-bond donors (Lipinski definition) is 1. The van der Waals surface area contributed by atoms with Crippen LogP contribution in [0.1, 0.15) is 16.1 Å². The first-order valence-corrected chi connectivity index (χ1v) is 8.17. The smallest absolute Gasteiger partial charge is 0.328 e. The van der Waals surface area contributed by atoms with E-state index in [1.165, 1.54) is 13.2 Å². The fourth-order valence-corrected chi connectivity index (χ4v) is 2.68. The topological polar surface area (TPSA) is 68.3 Å². The molecule has 2 aromatic carbocycles. The van der Waals surface area contributed by atoms with Crippen molar-refractivity contribution in [1.29, 1.82) is 0 Å². The maximum atomic E-state index is 13.8. The number of fused-ring (bicyclic) bond motifs is 1. The van der Waals surface area contributed by atoms with Gasteiger partial charge in [-0.3, -0.25) is 9.78 Å². The normalized spacial score (nSPS) is 11.8. The van der Waals surface area contributed by atoms with Gasteiger partial charge in [0.15, 0.2) is 11.6 Å². The Morgan fingerprint density at radius 1 is 1.07 bits per heavy atom. The molecule has 7 heteroatoms. The van der Waals surface area contributed by atoms with Crippen LogP contribution >= 0.6 is 0 Å². The largest absolute Gasteiger partial charge is 0.467 e. The van der Waals surface area contributed by atoms with E-state index >= 15 is 0 Å². The molecule has 0 spiro atoms. The molecule has 0 unspecified atom stereocenters. The van der Waals surface area contributed by atoms with Gasteiger partial charge in [-0.25, -0.2) is 13.6 Å². The molecule has 138 valence electrons. The monoisotopic (exact) mass is 370 g/mol. The van der Waals surface area contributed by atoms with Gasteiger partial charge in [-0.15, -0.1) is 0 Å². The Hall–Kier alpha value is -3.35. The van der Waals surface area contributed by atoms with Crippen LogP contribution in [0, 0.1) is 11.6 Å². The van der Waals surface area contributed by atoms with Crippen LogP contribution in [0.4, 0.5) is 8.78 Å². The van der Waals surface area contributed by atoms with E-state index in [2.05, 4.69) is 10.3 Å². The molecule has 0 radical (unpaired) electrons. The highest BCUT2D eigenvalue weighted by Gasteiger charge is 2.25. The Morgan fingerprint density at radius 3 is 2.63 bits per heavy atom. The van der Waals surface area contributed by atoms with Crippen LogP contribution in [0.15, 0.2) is 54.6 Å². The predicted octanol–water partition coefficient (Wildman–Crippen LogP) is 3.03. The molecule has 0 saturated carbocycles. The number of aromatic nitrogens is 1. The van der Waals surface area contributed by atoms with E-state index in [4.69, 9.17) is 4.74 Å². The van der Waals surface area contributed by atoms with Crippen LogP contribution in [0.25, 0.3) is 10.9 Å². The van der Waals surface area contributed by atoms with Gasteiger partial charge in [0.25, 0.3) is 5.91 Å². The van der Waals surface area contributed by atoms with Crippen LogP contribution in [-0.2, 0) is 16.0 Å². The molecular formula is C20H16F2N2O3. The van der Waals surface area contributed by atoms with Gasteiger partial charge in [-0.2, -0.15) is 0 Å². The third kappa shape index (κ3) is 4.08. The Balaban J connectivity index is 1.84. The molecule has 27 heavy (non-hydrogen) atoms. The Labute approximate surface area is 154 Å². The number of pyridine rings is 1. The molecule has 1 aromatic heterocycles. The fraction of sp³-hybridized carbons (Fsp3) is 0.150. The summed E-state index contributed by atoms with van der Waals surface area (Å²) in [4.78, 5) is 28.8. The molecule has 0 bridgehead atoms. The number of carbonyl (C=O) groups excluding carboxylic acids is 2. The van der Waals surface area contributed by atoms with E-state index in [-0.39, 0.29) is 6.42 Å². The molecular weight excluding hydrogens is 354 g/mol. The van der Waals surface area contributed by atoms with E-state index < -0.39 is 35.1 Å². The first kappa shape index (κ1) is 18.4. The van der Waals surface area contributed by atoms with E-state index in [0.29, 0.717) is 5.69 Å². The van der Waals surface area contributed by atoms with Gasteiger partial charge in [0.1, 0.15) is 6.04 Å². The zero-order valence-electron chi connectivity index (χ0n) is 14.4. The van der Waals surface area contributed by atoms with Gasteiger partial charge in [0.2, 0.25) is 0 Å². The molecule has 0 fully saturated rings. The maximum absolute atomic E-state index is 13.8. The number of amides is 1. The van der Waals surface area contributed by atoms with Crippen molar-refractivity contribution in [3.63, 3.8) is 0 Å². The van der Waals surface area contributed by atoms with Gasteiger partial charge in [-0.05, 0) is 24.3 Å². The molecule has 1 N–H and O–H groups in total. The fourth-order valence-electron chi connectivity index (χ4n) is 2.68. The summed E-state index contributed by atoms with van der Waals surface area (Å²) in [5.41, 5.74) is 0.792. The summed E-state index contributed by atoms with van der Waals surface area (Å²) in [6, 6.07) is 13.2. The lowest BCUT2D eigenvalue weighted by Gasteiger charge is -2.17. The van der Waals surface area contributed by atoms with Crippen molar-refractivity contribution in [3.05, 3.63) is 77.5 Å². The molecule has 1 heterocycles. The van der Waals surface area contributed by atoms with Crippen molar-refractivity contribution in [2.45, 2.75) is 12.5 Å². The molecule has 3 aromatic rings. The molecule has 0 aliphatic rings. The highest BCUT2D eigenvalue weighted by molar-refractivity contribution is 5.97. The van der Waals surface area contributed by atoms with Gasteiger partial charge >= 0.3 is 5.97 Å². The Bertz CT molecular complexity index is 1010. The van der Waals surface area contributed by atoms with Crippen LogP contribution in [-0.4, -0.2) is 30.0 Å². The summed E-state index contributed by atoms with van der Waals surface area (Å²) in [5, 5.41) is 3.32. The quantitative estimate of drug-likeness (QED) is 0.701. The zero-order valence-corrected chi connectivity index (χ0v) is 14.4. The van der Waals surface area contributed by atoms with E-state index in [0.717, 1.165) is 23.0 Å². The van der Waals surface area contributed by atoms with Gasteiger partial charge < -0.3 is 10.1 Å². The highest BCUT2D eigenvalue weighted by atomic mass is 19.2. The van der Waals surface area contributed by atoms with Crippen molar-refractivity contribution in [2.24, 2.45) is 0 Å². The summed E-state index contributed by atoms with van der Waals surface area (Å²) in [7, 11) is 1.18. The average molecular weight is 370 g/mol. The molecule has 1 atom stereocenters. The SMILES string of the molecule is COC(=O)[C@H](Cc1ccc2ccccc2n1)NC(=O)c1cccc(F)c1F. The molecule has 5 nitrogen and oxygen atoms in total. The van der Waals surface area contributed by atoms with E-state index in [1.807, 2.05) is 30.3 Å². The molecule has 1 amide bonds. The standard InChI is InChI=1S/C20H16F2N2O3/c1-27-20(26)17(24-19(25)14-6-4-7-15(21)18(14)22)11-13-10-9-12-5-2-3-8-16(12)23-13/h2-10,17H,11H2,1H3,(H,24,25)/t17-/m0/s1. The van der Waals surface area contributed by atoms with Crippen LogP contribution in [0.5, 0.6) is 0 Å². The summed E-state index contributed by atoms with van der Waals surface area (Å²) < 4.78 is 31.9. The predicted molar refractivity (Wildman–Crippen MR) is 95.1 cm³/mol. The van der Waals surface area contributed by atoms with Crippen molar-refractivity contribution < 1.29 is 23.1 Å². The summed E-state index contributed by atoms with van der Waals surface area (Å²) in [5.74, 6) is -4.05. The minimum absolute atomic E-state index is 0.0418. The number of nitrogens with zero attached hydrogens (tertiary/aromatic N) is 1. The molecule has 0 aliphatic heterocycles. The number of esters is 1. The van der Waals surface area contributed by atoms with Crippen molar-refractivity contribution in [3.8, 4) is 0 Å². The number of nitrogens with one attached hydrogen (secondary N) is 1. The summed E-state index contributed by atoms with van der Waals surface area (Å²) in [6.07, 6.45) is 0.0418. The number of halogens is 2. The third-order valence-electron chi connectivity index (χ3n) is 4.06. The summed E-state index contributed by atoms with van der Waals surface area (Å²) >= 11 is 0. The second kappa shape index (κ2) is 7.90. The third-order valence-corrected chi connectivity index (χ3v) is 4.06. The zero-order chi connectivity index (χ0) is 19.4. The number of carbonyl (C=O) groups is 2. The maximum Gasteiger partial charge on any atom is 0.328 e. The number of ether oxygens (including phenoxy) is 1. The number of methoxy groups -OCH3 is 1. The second-order valence-corrected chi connectivity index (χ2v) is 5.85. The van der Waals surface area contributed by atoms with Gasteiger partial charge in [0, 0.05) is 17.5 Å². The number of para-hydroxylation sites is 1. The van der Waals surface area contributed by atoms with Crippen LogP contribution < -0.4 is 5.32 Å². The van der Waals surface area contributed by atoms with Crippen molar-refractivity contribution >= 4 is 22.8 Å². The van der Waals surface area contributed by atoms with Crippen molar-refractivity contribution in [2.75, 3.05) is 7.11 Å². The molecule has 0 saturated heterocycles. The van der Waals surface area contributed by atoms with Gasteiger partial charge in [-0.1, -0.05) is 30.3 Å².